The number of aromatic amines is 1. The predicted octanol–water partition coefficient (Wildman–Crippen LogP) is 2.15. The Morgan fingerprint density at radius 2 is 2.04 bits per heavy atom. The number of amides is 1. The number of carbonyl (C=O) groups excluding carboxylic acids is 1. The molecule has 0 saturated carbocycles. The average Bonchev–Trinajstić information content (AvgIpc) is 2.87. The Morgan fingerprint density at radius 3 is 2.68 bits per heavy atom. The maximum atomic E-state index is 12.4. The Morgan fingerprint density at radius 1 is 1.36 bits per heavy atom. The van der Waals surface area contributed by atoms with Gasteiger partial charge in [-0.2, -0.15) is 0 Å². The number of nitrogens with two attached hydrogens (primary N) is 1. The molecule has 3 N–H and O–H groups in total. The SMILES string of the molecule is Cc1sc2nc(CCC(=O)N3CCC(CN)CC3)[nH]c(=O)c2c1C.Cl. The molecule has 3 heterocycles. The number of hydrogen-bond donors (Lipinski definition) is 2. The van der Waals surface area contributed by atoms with Gasteiger partial charge in [-0.15, -0.1) is 23.7 Å². The standard InChI is InChI=1S/C17H24N4O2S.ClH/c1-10-11(2)24-17-15(10)16(23)19-13(20-17)3-4-14(22)21-7-5-12(9-18)6-8-21;/h12H,3-9,18H2,1-2H3,(H,19,20,23);1H. The smallest absolute Gasteiger partial charge is 0.259 e. The molecule has 0 bridgehead atoms. The van der Waals surface area contributed by atoms with E-state index in [1.165, 1.54) is 11.3 Å². The number of aromatic nitrogens is 2. The van der Waals surface area contributed by atoms with Crippen LogP contribution in [-0.4, -0.2) is 40.4 Å². The molecule has 0 aliphatic carbocycles. The fourth-order valence-corrected chi connectivity index (χ4v) is 4.27. The molecule has 1 aliphatic heterocycles. The lowest BCUT2D eigenvalue weighted by Crippen LogP contribution is -2.40. The summed E-state index contributed by atoms with van der Waals surface area (Å²) in [5.41, 5.74) is 6.58. The summed E-state index contributed by atoms with van der Waals surface area (Å²) >= 11 is 1.53. The third-order valence-corrected chi connectivity index (χ3v) is 6.07. The van der Waals surface area contributed by atoms with E-state index < -0.39 is 0 Å². The second-order valence-corrected chi connectivity index (χ2v) is 7.74. The predicted molar refractivity (Wildman–Crippen MR) is 104 cm³/mol. The summed E-state index contributed by atoms with van der Waals surface area (Å²) in [6.07, 6.45) is 2.82. The van der Waals surface area contributed by atoms with Crippen LogP contribution in [0.25, 0.3) is 10.2 Å². The highest BCUT2D eigenvalue weighted by atomic mass is 35.5. The molecular formula is C17H25ClN4O2S. The molecule has 1 aliphatic rings. The van der Waals surface area contributed by atoms with E-state index in [9.17, 15) is 9.59 Å². The number of aryl methyl sites for hydroxylation is 3. The zero-order chi connectivity index (χ0) is 17.3. The number of H-pyrrole nitrogens is 1. The van der Waals surface area contributed by atoms with Gasteiger partial charge >= 0.3 is 0 Å². The fraction of sp³-hybridized carbons (Fsp3) is 0.588. The molecule has 1 saturated heterocycles. The molecule has 0 atom stereocenters. The topological polar surface area (TPSA) is 92.1 Å². The van der Waals surface area contributed by atoms with Gasteiger partial charge in [0.2, 0.25) is 5.91 Å². The van der Waals surface area contributed by atoms with Gasteiger partial charge in [-0.1, -0.05) is 0 Å². The molecule has 1 amide bonds. The van der Waals surface area contributed by atoms with Crippen molar-refractivity contribution in [1.82, 2.24) is 14.9 Å². The first kappa shape index (κ1) is 19.9. The van der Waals surface area contributed by atoms with E-state index in [2.05, 4.69) is 9.97 Å². The maximum Gasteiger partial charge on any atom is 0.259 e. The summed E-state index contributed by atoms with van der Waals surface area (Å²) < 4.78 is 0. The Balaban J connectivity index is 0.00000225. The molecule has 0 spiro atoms. The zero-order valence-electron chi connectivity index (χ0n) is 14.6. The van der Waals surface area contributed by atoms with E-state index in [4.69, 9.17) is 5.73 Å². The van der Waals surface area contributed by atoms with E-state index in [-0.39, 0.29) is 23.9 Å². The van der Waals surface area contributed by atoms with Crippen molar-refractivity contribution in [3.8, 4) is 0 Å². The first-order chi connectivity index (χ1) is 11.5. The number of carbonyl (C=O) groups is 1. The van der Waals surface area contributed by atoms with E-state index in [0.717, 1.165) is 41.2 Å². The normalized spacial score (nSPS) is 15.4. The fourth-order valence-electron chi connectivity index (χ4n) is 3.22. The van der Waals surface area contributed by atoms with E-state index in [1.807, 2.05) is 18.7 Å². The number of rotatable bonds is 4. The molecular weight excluding hydrogens is 360 g/mol. The van der Waals surface area contributed by atoms with Crippen molar-refractivity contribution >= 4 is 39.9 Å². The minimum Gasteiger partial charge on any atom is -0.343 e. The number of fused-ring (bicyclic) bond motifs is 1. The number of piperidine rings is 1. The lowest BCUT2D eigenvalue weighted by Gasteiger charge is -2.31. The van der Waals surface area contributed by atoms with Crippen molar-refractivity contribution in [2.75, 3.05) is 19.6 Å². The van der Waals surface area contributed by atoms with Crippen LogP contribution in [0, 0.1) is 19.8 Å². The highest BCUT2D eigenvalue weighted by Crippen LogP contribution is 2.25. The summed E-state index contributed by atoms with van der Waals surface area (Å²) in [7, 11) is 0. The van der Waals surface area contributed by atoms with E-state index in [1.54, 1.807) is 0 Å². The van der Waals surface area contributed by atoms with Crippen LogP contribution in [0.15, 0.2) is 4.79 Å². The van der Waals surface area contributed by atoms with Crippen molar-refractivity contribution in [1.29, 1.82) is 0 Å². The van der Waals surface area contributed by atoms with E-state index >= 15 is 0 Å². The lowest BCUT2D eigenvalue weighted by molar-refractivity contribution is -0.132. The molecule has 0 aromatic carbocycles. The highest BCUT2D eigenvalue weighted by Gasteiger charge is 2.22. The second-order valence-electron chi connectivity index (χ2n) is 6.54. The average molecular weight is 385 g/mol. The molecule has 8 heteroatoms. The minimum atomic E-state index is -0.104. The number of likely N-dealkylation sites (tertiary alicyclic amines) is 1. The van der Waals surface area contributed by atoms with Crippen LogP contribution in [-0.2, 0) is 11.2 Å². The monoisotopic (exact) mass is 384 g/mol. The molecule has 0 radical (unpaired) electrons. The van der Waals surface area contributed by atoms with Gasteiger partial charge in [0.25, 0.3) is 5.56 Å². The van der Waals surface area contributed by atoms with Gasteiger partial charge in [-0.25, -0.2) is 4.98 Å². The van der Waals surface area contributed by atoms with Crippen molar-refractivity contribution in [3.63, 3.8) is 0 Å². The second kappa shape index (κ2) is 8.29. The molecule has 2 aromatic heterocycles. The third kappa shape index (κ3) is 4.22. The molecule has 3 rings (SSSR count). The molecule has 6 nitrogen and oxygen atoms in total. The van der Waals surface area contributed by atoms with Crippen LogP contribution < -0.4 is 11.3 Å². The van der Waals surface area contributed by atoms with Crippen molar-refractivity contribution in [2.24, 2.45) is 11.7 Å². The Bertz CT molecular complexity index is 809. The van der Waals surface area contributed by atoms with Gasteiger partial charge < -0.3 is 15.6 Å². The number of nitrogens with zero attached hydrogens (tertiary/aromatic N) is 2. The molecule has 0 unspecified atom stereocenters. The number of hydrogen-bond acceptors (Lipinski definition) is 5. The van der Waals surface area contributed by atoms with Gasteiger partial charge in [-0.05, 0) is 44.7 Å². The number of thiophene rings is 1. The largest absolute Gasteiger partial charge is 0.343 e. The Hall–Kier alpha value is -1.44. The summed E-state index contributed by atoms with van der Waals surface area (Å²) in [6, 6.07) is 0. The Kier molecular flexibility index (Phi) is 6.59. The van der Waals surface area contributed by atoms with Gasteiger partial charge in [0.15, 0.2) is 0 Å². The minimum absolute atomic E-state index is 0. The van der Waals surface area contributed by atoms with Gasteiger partial charge in [0.1, 0.15) is 10.7 Å². The number of nitrogens with one attached hydrogen (secondary N) is 1. The first-order valence-corrected chi connectivity index (χ1v) is 9.28. The quantitative estimate of drug-likeness (QED) is 0.844. The van der Waals surface area contributed by atoms with Crippen molar-refractivity contribution in [2.45, 2.75) is 39.5 Å². The molecule has 25 heavy (non-hydrogen) atoms. The lowest BCUT2D eigenvalue weighted by atomic mass is 9.97. The van der Waals surface area contributed by atoms with Crippen molar-refractivity contribution < 1.29 is 4.79 Å². The van der Waals surface area contributed by atoms with Gasteiger partial charge in [0.05, 0.1) is 5.39 Å². The molecule has 1 fully saturated rings. The Labute approximate surface area is 157 Å². The van der Waals surface area contributed by atoms with Crippen LogP contribution in [0.4, 0.5) is 0 Å². The van der Waals surface area contributed by atoms with Gasteiger partial charge in [-0.3, -0.25) is 9.59 Å². The van der Waals surface area contributed by atoms with Crippen LogP contribution in [0.1, 0.15) is 35.5 Å². The summed E-state index contributed by atoms with van der Waals surface area (Å²) in [6.45, 7) is 6.21. The maximum absolute atomic E-state index is 12.4. The summed E-state index contributed by atoms with van der Waals surface area (Å²) in [4.78, 5) is 35.8. The summed E-state index contributed by atoms with van der Waals surface area (Å²) in [5, 5.41) is 0.677. The molecule has 138 valence electrons. The summed E-state index contributed by atoms with van der Waals surface area (Å²) in [5.74, 6) is 1.27. The third-order valence-electron chi connectivity index (χ3n) is 4.96. The van der Waals surface area contributed by atoms with Crippen molar-refractivity contribution in [3.05, 3.63) is 26.6 Å². The molecule has 2 aromatic rings. The first-order valence-electron chi connectivity index (χ1n) is 8.46. The van der Waals surface area contributed by atoms with Crippen LogP contribution in [0.2, 0.25) is 0 Å². The van der Waals surface area contributed by atoms with Crippen LogP contribution >= 0.6 is 23.7 Å². The highest BCUT2D eigenvalue weighted by molar-refractivity contribution is 7.18. The number of halogens is 1. The zero-order valence-corrected chi connectivity index (χ0v) is 16.3. The van der Waals surface area contributed by atoms with Crippen LogP contribution in [0.5, 0.6) is 0 Å². The van der Waals surface area contributed by atoms with E-state index in [0.29, 0.717) is 36.5 Å². The van der Waals surface area contributed by atoms with Crippen LogP contribution in [0.3, 0.4) is 0 Å². The van der Waals surface area contributed by atoms with Gasteiger partial charge in [0, 0.05) is 30.8 Å².